The maximum absolute atomic E-state index is 7.42. The highest BCUT2D eigenvalue weighted by molar-refractivity contribution is 6.42. The average Bonchev–Trinajstić information content (AvgIpc) is 1.96. The molecular formula is C7H11N3O. The number of nitrogens with one attached hydrogen (secondary N) is 1. The lowest BCUT2D eigenvalue weighted by molar-refractivity contribution is 0.191. The minimum Gasteiger partial charge on any atom is -0.382 e. The SMILES string of the molecule is COC1C=C(C)N=C(N)C1=N. The molecule has 0 spiro atoms. The summed E-state index contributed by atoms with van der Waals surface area (Å²) in [5.41, 5.74) is 6.47. The molecule has 0 saturated heterocycles. The third kappa shape index (κ3) is 1.46. The normalized spacial score (nSPS) is 24.5. The second kappa shape index (κ2) is 2.84. The van der Waals surface area contributed by atoms with Crippen LogP contribution in [0, 0.1) is 5.41 Å². The van der Waals surface area contributed by atoms with Gasteiger partial charge in [0.2, 0.25) is 0 Å². The molecule has 0 aromatic heterocycles. The van der Waals surface area contributed by atoms with E-state index in [0.29, 0.717) is 0 Å². The maximum atomic E-state index is 7.42. The van der Waals surface area contributed by atoms with Gasteiger partial charge in [-0.25, -0.2) is 4.99 Å². The number of methoxy groups -OCH3 is 1. The molecule has 1 aliphatic rings. The van der Waals surface area contributed by atoms with Gasteiger partial charge in [-0.3, -0.25) is 5.41 Å². The van der Waals surface area contributed by atoms with E-state index in [9.17, 15) is 0 Å². The second-order valence-corrected chi connectivity index (χ2v) is 2.38. The molecule has 1 atom stereocenters. The monoisotopic (exact) mass is 153 g/mol. The molecular weight excluding hydrogens is 142 g/mol. The fourth-order valence-corrected chi connectivity index (χ4v) is 0.922. The van der Waals surface area contributed by atoms with E-state index in [1.807, 2.05) is 6.92 Å². The molecule has 1 aliphatic heterocycles. The fraction of sp³-hybridized carbons (Fsp3) is 0.429. The standard InChI is InChI=1S/C7H11N3O/c1-4-3-5(11-2)6(8)7(9)10-4/h3,5,8H,1-2H3,(H2,9,10). The maximum Gasteiger partial charge on any atom is 0.147 e. The van der Waals surface area contributed by atoms with E-state index in [0.717, 1.165) is 5.70 Å². The van der Waals surface area contributed by atoms with Crippen LogP contribution in [0.2, 0.25) is 0 Å². The number of ether oxygens (including phenoxy) is 1. The summed E-state index contributed by atoms with van der Waals surface area (Å²) in [6.07, 6.45) is 1.44. The largest absolute Gasteiger partial charge is 0.382 e. The van der Waals surface area contributed by atoms with Crippen LogP contribution in [0.15, 0.2) is 16.8 Å². The Hall–Kier alpha value is -1.16. The third-order valence-electron chi connectivity index (χ3n) is 1.50. The fourth-order valence-electron chi connectivity index (χ4n) is 0.922. The van der Waals surface area contributed by atoms with E-state index in [4.69, 9.17) is 15.9 Å². The molecule has 0 fully saturated rings. The number of rotatable bonds is 1. The van der Waals surface area contributed by atoms with Crippen LogP contribution in [-0.4, -0.2) is 24.8 Å². The van der Waals surface area contributed by atoms with Crippen molar-refractivity contribution in [1.29, 1.82) is 5.41 Å². The zero-order valence-electron chi connectivity index (χ0n) is 6.59. The molecule has 0 aliphatic carbocycles. The van der Waals surface area contributed by atoms with Crippen LogP contribution in [0.3, 0.4) is 0 Å². The highest BCUT2D eigenvalue weighted by atomic mass is 16.5. The predicted octanol–water partition coefficient (Wildman–Crippen LogP) is 0.296. The highest BCUT2D eigenvalue weighted by Gasteiger charge is 2.18. The Bertz CT molecular complexity index is 242. The zero-order valence-corrected chi connectivity index (χ0v) is 6.59. The average molecular weight is 153 g/mol. The molecule has 0 bridgehead atoms. The molecule has 0 aromatic carbocycles. The number of aliphatic imine (C=N–C) groups is 1. The Kier molecular flexibility index (Phi) is 2.05. The smallest absolute Gasteiger partial charge is 0.147 e. The molecule has 0 amide bonds. The van der Waals surface area contributed by atoms with E-state index in [1.165, 1.54) is 0 Å². The van der Waals surface area contributed by atoms with Crippen molar-refractivity contribution in [3.63, 3.8) is 0 Å². The van der Waals surface area contributed by atoms with Gasteiger partial charge in [-0.05, 0) is 13.0 Å². The van der Waals surface area contributed by atoms with Crippen molar-refractivity contribution in [3.05, 3.63) is 11.8 Å². The number of nitrogens with two attached hydrogens (primary N) is 1. The number of amidine groups is 1. The summed E-state index contributed by atoms with van der Waals surface area (Å²) in [6.45, 7) is 1.82. The summed E-state index contributed by atoms with van der Waals surface area (Å²) in [6, 6.07) is 0. The van der Waals surface area contributed by atoms with E-state index in [1.54, 1.807) is 13.2 Å². The van der Waals surface area contributed by atoms with Crippen LogP contribution in [0.25, 0.3) is 0 Å². The van der Waals surface area contributed by atoms with Crippen LogP contribution in [0.1, 0.15) is 6.92 Å². The summed E-state index contributed by atoms with van der Waals surface area (Å²) >= 11 is 0. The molecule has 11 heavy (non-hydrogen) atoms. The van der Waals surface area contributed by atoms with Crippen molar-refractivity contribution in [3.8, 4) is 0 Å². The van der Waals surface area contributed by atoms with Crippen molar-refractivity contribution in [1.82, 2.24) is 0 Å². The molecule has 1 unspecified atom stereocenters. The number of hydrogen-bond acceptors (Lipinski definition) is 4. The molecule has 60 valence electrons. The number of allylic oxidation sites excluding steroid dienone is 1. The van der Waals surface area contributed by atoms with Crippen LogP contribution >= 0.6 is 0 Å². The summed E-state index contributed by atoms with van der Waals surface area (Å²) in [4.78, 5) is 3.91. The lowest BCUT2D eigenvalue weighted by atomic mass is 10.1. The van der Waals surface area contributed by atoms with Crippen LogP contribution in [0.4, 0.5) is 0 Å². The first-order chi connectivity index (χ1) is 5.15. The molecule has 4 nitrogen and oxygen atoms in total. The van der Waals surface area contributed by atoms with Crippen molar-refractivity contribution in [2.45, 2.75) is 13.0 Å². The summed E-state index contributed by atoms with van der Waals surface area (Å²) in [7, 11) is 1.54. The first-order valence-electron chi connectivity index (χ1n) is 3.29. The van der Waals surface area contributed by atoms with Gasteiger partial charge in [0.05, 0.1) is 0 Å². The Morgan fingerprint density at radius 3 is 2.91 bits per heavy atom. The molecule has 4 heteroatoms. The minimum atomic E-state index is -0.326. The lowest BCUT2D eigenvalue weighted by Crippen LogP contribution is -2.36. The topological polar surface area (TPSA) is 71.5 Å². The van der Waals surface area contributed by atoms with E-state index >= 15 is 0 Å². The van der Waals surface area contributed by atoms with Crippen molar-refractivity contribution in [2.75, 3.05) is 7.11 Å². The Balaban J connectivity index is 2.90. The third-order valence-corrected chi connectivity index (χ3v) is 1.50. The van der Waals surface area contributed by atoms with Gasteiger partial charge in [-0.1, -0.05) is 0 Å². The second-order valence-electron chi connectivity index (χ2n) is 2.38. The van der Waals surface area contributed by atoms with Crippen LogP contribution in [0.5, 0.6) is 0 Å². The molecule has 0 saturated carbocycles. The van der Waals surface area contributed by atoms with Gasteiger partial charge in [0.15, 0.2) is 0 Å². The molecule has 1 rings (SSSR count). The predicted molar refractivity (Wildman–Crippen MR) is 43.9 cm³/mol. The molecule has 0 aromatic rings. The lowest BCUT2D eigenvalue weighted by Gasteiger charge is -2.16. The van der Waals surface area contributed by atoms with Crippen molar-refractivity contribution in [2.24, 2.45) is 10.7 Å². The van der Waals surface area contributed by atoms with Crippen LogP contribution in [-0.2, 0) is 4.74 Å². The van der Waals surface area contributed by atoms with Gasteiger partial charge >= 0.3 is 0 Å². The Morgan fingerprint density at radius 1 is 1.73 bits per heavy atom. The number of nitrogens with zero attached hydrogens (tertiary/aromatic N) is 1. The van der Waals surface area contributed by atoms with Gasteiger partial charge in [0, 0.05) is 12.8 Å². The molecule has 0 radical (unpaired) electrons. The first-order valence-corrected chi connectivity index (χ1v) is 3.29. The minimum absolute atomic E-state index is 0.234. The summed E-state index contributed by atoms with van der Waals surface area (Å²) < 4.78 is 4.98. The Labute approximate surface area is 65.3 Å². The molecule has 1 heterocycles. The zero-order chi connectivity index (χ0) is 8.43. The van der Waals surface area contributed by atoms with Gasteiger partial charge in [0.1, 0.15) is 17.7 Å². The van der Waals surface area contributed by atoms with Gasteiger partial charge in [-0.15, -0.1) is 0 Å². The summed E-state index contributed by atoms with van der Waals surface area (Å²) in [5, 5.41) is 7.42. The Morgan fingerprint density at radius 2 is 2.36 bits per heavy atom. The summed E-state index contributed by atoms with van der Waals surface area (Å²) in [5.74, 6) is 0.247. The van der Waals surface area contributed by atoms with Crippen molar-refractivity contribution >= 4 is 11.5 Å². The highest BCUT2D eigenvalue weighted by Crippen LogP contribution is 2.08. The van der Waals surface area contributed by atoms with E-state index in [-0.39, 0.29) is 17.7 Å². The van der Waals surface area contributed by atoms with Gasteiger partial charge < -0.3 is 10.5 Å². The van der Waals surface area contributed by atoms with E-state index < -0.39 is 0 Å². The van der Waals surface area contributed by atoms with Crippen LogP contribution < -0.4 is 5.73 Å². The van der Waals surface area contributed by atoms with Crippen molar-refractivity contribution < 1.29 is 4.74 Å². The van der Waals surface area contributed by atoms with Gasteiger partial charge in [-0.2, -0.15) is 0 Å². The quantitative estimate of drug-likeness (QED) is 0.568. The number of hydrogen-bond donors (Lipinski definition) is 2. The molecule has 3 N–H and O–H groups in total. The first kappa shape index (κ1) is 7.94. The van der Waals surface area contributed by atoms with E-state index in [2.05, 4.69) is 4.99 Å². The van der Waals surface area contributed by atoms with Gasteiger partial charge in [0.25, 0.3) is 0 Å².